The second-order valence-electron chi connectivity index (χ2n) is 2.04. The Labute approximate surface area is 61.7 Å². The minimum absolute atomic E-state index is 0.566. The van der Waals surface area contributed by atoms with Crippen LogP contribution in [0.4, 0.5) is 0 Å². The van der Waals surface area contributed by atoms with Crippen LogP contribution in [-0.2, 0) is 8.85 Å². The van der Waals surface area contributed by atoms with Crippen LogP contribution in [-0.4, -0.2) is 34.2 Å². The highest BCUT2D eigenvalue weighted by molar-refractivity contribution is 6.68. The third kappa shape index (κ3) is 2.95. The van der Waals surface area contributed by atoms with Gasteiger partial charge in [0.05, 0.1) is 0 Å². The maximum Gasteiger partial charge on any atom is 0.339 e. The van der Waals surface area contributed by atoms with Crippen molar-refractivity contribution in [2.45, 2.75) is 12.6 Å². The Morgan fingerprint density at radius 3 is 2.30 bits per heavy atom. The summed E-state index contributed by atoms with van der Waals surface area (Å²) in [5.74, 6) is 0. The highest BCUT2D eigenvalue weighted by Gasteiger charge is 2.27. The molecule has 5 heteroatoms. The van der Waals surface area contributed by atoms with Crippen LogP contribution in [0.15, 0.2) is 5.16 Å². The largest absolute Gasteiger partial charge is 0.411 e. The molecule has 0 saturated heterocycles. The molecule has 4 nitrogen and oxygen atoms in total. The summed E-state index contributed by atoms with van der Waals surface area (Å²) in [6, 6.07) is 0.566. The van der Waals surface area contributed by atoms with Crippen LogP contribution in [0.25, 0.3) is 0 Å². The maximum atomic E-state index is 8.10. The first-order valence-corrected chi connectivity index (χ1v) is 5.47. The van der Waals surface area contributed by atoms with Gasteiger partial charge in [0.1, 0.15) is 0 Å². The number of nitrogens with zero attached hydrogens (tertiary/aromatic N) is 1. The molecule has 0 aromatic rings. The smallest absolute Gasteiger partial charge is 0.339 e. The Morgan fingerprint density at radius 2 is 2.00 bits per heavy atom. The summed E-state index contributed by atoms with van der Waals surface area (Å²) in [4.78, 5) is 0. The van der Waals surface area contributed by atoms with Gasteiger partial charge in [0, 0.05) is 26.5 Å². The van der Waals surface area contributed by atoms with Crippen molar-refractivity contribution in [3.8, 4) is 0 Å². The maximum absolute atomic E-state index is 8.10. The van der Waals surface area contributed by atoms with Crippen LogP contribution in [0.2, 0.25) is 12.6 Å². The molecule has 0 fully saturated rings. The first kappa shape index (κ1) is 9.61. The first-order chi connectivity index (χ1) is 4.68. The van der Waals surface area contributed by atoms with E-state index in [-0.39, 0.29) is 0 Å². The molecule has 0 amide bonds. The van der Waals surface area contributed by atoms with Gasteiger partial charge in [-0.2, -0.15) is 0 Å². The average molecular weight is 163 g/mol. The molecule has 0 aromatic carbocycles. The van der Waals surface area contributed by atoms with E-state index in [0.717, 1.165) is 0 Å². The molecule has 0 aromatic heterocycles. The SMILES string of the molecule is CO[Si](C)(CC=NO)OC. The lowest BCUT2D eigenvalue weighted by molar-refractivity contribution is 0.254. The van der Waals surface area contributed by atoms with Gasteiger partial charge in [-0.3, -0.25) is 0 Å². The van der Waals surface area contributed by atoms with Crippen LogP contribution in [0, 0.1) is 0 Å². The van der Waals surface area contributed by atoms with E-state index in [0.29, 0.717) is 6.04 Å². The molecule has 0 radical (unpaired) electrons. The van der Waals surface area contributed by atoms with Gasteiger partial charge >= 0.3 is 8.56 Å². The number of hydrogen-bond donors (Lipinski definition) is 1. The lowest BCUT2D eigenvalue weighted by atomic mass is 10.9. The van der Waals surface area contributed by atoms with Gasteiger partial charge in [0.2, 0.25) is 0 Å². The van der Waals surface area contributed by atoms with E-state index in [1.165, 1.54) is 6.21 Å². The van der Waals surface area contributed by atoms with Gasteiger partial charge in [-0.15, -0.1) is 5.16 Å². The number of oxime groups is 1. The summed E-state index contributed by atoms with van der Waals surface area (Å²) in [6.45, 7) is 1.90. The fourth-order valence-corrected chi connectivity index (χ4v) is 1.37. The zero-order valence-electron chi connectivity index (χ0n) is 6.50. The van der Waals surface area contributed by atoms with E-state index in [2.05, 4.69) is 5.16 Å². The molecule has 10 heavy (non-hydrogen) atoms. The molecule has 0 atom stereocenters. The summed E-state index contributed by atoms with van der Waals surface area (Å²) in [6.07, 6.45) is 1.39. The third-order valence-corrected chi connectivity index (χ3v) is 4.06. The Bertz CT molecular complexity index is 113. The fraction of sp³-hybridized carbons (Fsp3) is 0.800. The van der Waals surface area contributed by atoms with Gasteiger partial charge in [-0.1, -0.05) is 0 Å². The number of rotatable bonds is 4. The summed E-state index contributed by atoms with van der Waals surface area (Å²) in [5.41, 5.74) is 0. The second kappa shape index (κ2) is 4.43. The topological polar surface area (TPSA) is 51.0 Å². The summed E-state index contributed by atoms with van der Waals surface area (Å²) < 4.78 is 10.2. The summed E-state index contributed by atoms with van der Waals surface area (Å²) >= 11 is 0. The van der Waals surface area contributed by atoms with Crippen LogP contribution in [0.5, 0.6) is 0 Å². The van der Waals surface area contributed by atoms with Crippen molar-refractivity contribution in [1.82, 2.24) is 0 Å². The number of hydrogen-bond acceptors (Lipinski definition) is 4. The lowest BCUT2D eigenvalue weighted by Crippen LogP contribution is -2.36. The summed E-state index contributed by atoms with van der Waals surface area (Å²) in [5, 5.41) is 11.0. The predicted molar refractivity (Wildman–Crippen MR) is 40.7 cm³/mol. The molecule has 0 bridgehead atoms. The zero-order valence-corrected chi connectivity index (χ0v) is 7.50. The van der Waals surface area contributed by atoms with E-state index >= 15 is 0 Å². The van der Waals surface area contributed by atoms with E-state index in [1.807, 2.05) is 6.55 Å². The van der Waals surface area contributed by atoms with Gasteiger partial charge in [0.25, 0.3) is 0 Å². The average Bonchev–Trinajstić information content (AvgIpc) is 2.00. The van der Waals surface area contributed by atoms with Crippen LogP contribution in [0.1, 0.15) is 0 Å². The Hall–Kier alpha value is -0.393. The third-order valence-electron chi connectivity index (χ3n) is 1.41. The van der Waals surface area contributed by atoms with Gasteiger partial charge in [-0.25, -0.2) is 0 Å². The van der Waals surface area contributed by atoms with Gasteiger partial charge in [-0.05, 0) is 6.55 Å². The highest BCUT2D eigenvalue weighted by atomic mass is 28.4. The molecule has 0 unspecified atom stereocenters. The standard InChI is InChI=1S/C5H13NO3Si/c1-8-10(3,9-2)5-4-6-7/h4,7H,5H2,1-3H3. The molecular formula is C5H13NO3Si. The fourth-order valence-electron chi connectivity index (χ4n) is 0.457. The lowest BCUT2D eigenvalue weighted by Gasteiger charge is -2.19. The quantitative estimate of drug-likeness (QED) is 0.289. The van der Waals surface area contributed by atoms with E-state index in [9.17, 15) is 0 Å². The minimum atomic E-state index is -2.03. The molecular weight excluding hydrogens is 150 g/mol. The monoisotopic (exact) mass is 163 g/mol. The van der Waals surface area contributed by atoms with Crippen LogP contribution >= 0.6 is 0 Å². The molecule has 0 spiro atoms. The van der Waals surface area contributed by atoms with Crippen molar-refractivity contribution >= 4 is 14.8 Å². The van der Waals surface area contributed by atoms with Crippen LogP contribution in [0.3, 0.4) is 0 Å². The second-order valence-corrected chi connectivity index (χ2v) is 5.54. The van der Waals surface area contributed by atoms with Gasteiger partial charge in [0.15, 0.2) is 0 Å². The van der Waals surface area contributed by atoms with Crippen molar-refractivity contribution in [1.29, 1.82) is 0 Å². The minimum Gasteiger partial charge on any atom is -0.411 e. The highest BCUT2D eigenvalue weighted by Crippen LogP contribution is 2.08. The molecule has 0 aliphatic heterocycles. The van der Waals surface area contributed by atoms with Crippen molar-refractivity contribution in [3.05, 3.63) is 0 Å². The van der Waals surface area contributed by atoms with E-state index < -0.39 is 8.56 Å². The van der Waals surface area contributed by atoms with Crippen molar-refractivity contribution < 1.29 is 14.1 Å². The molecule has 1 N–H and O–H groups in total. The van der Waals surface area contributed by atoms with Crippen molar-refractivity contribution in [2.24, 2.45) is 5.16 Å². The van der Waals surface area contributed by atoms with Crippen molar-refractivity contribution in [2.75, 3.05) is 14.2 Å². The van der Waals surface area contributed by atoms with Gasteiger partial charge < -0.3 is 14.1 Å². The Balaban J connectivity index is 3.80. The Kier molecular flexibility index (Phi) is 4.25. The summed E-state index contributed by atoms with van der Waals surface area (Å²) in [7, 11) is 1.17. The van der Waals surface area contributed by atoms with E-state index in [4.69, 9.17) is 14.1 Å². The normalized spacial score (nSPS) is 12.7. The molecule has 0 rings (SSSR count). The molecule has 0 aliphatic rings. The predicted octanol–water partition coefficient (Wildman–Crippen LogP) is 0.811. The molecule has 0 aliphatic carbocycles. The Morgan fingerprint density at radius 1 is 1.50 bits per heavy atom. The molecule has 0 saturated carbocycles. The van der Waals surface area contributed by atoms with Crippen molar-refractivity contribution in [3.63, 3.8) is 0 Å². The molecule has 60 valence electrons. The molecule has 0 heterocycles. The van der Waals surface area contributed by atoms with Crippen LogP contribution < -0.4 is 0 Å². The zero-order chi connectivity index (χ0) is 8.04. The first-order valence-electron chi connectivity index (χ1n) is 2.94. The van der Waals surface area contributed by atoms with E-state index in [1.54, 1.807) is 14.2 Å².